The predicted molar refractivity (Wildman–Crippen MR) is 43.3 cm³/mol. The van der Waals surface area contributed by atoms with Crippen LogP contribution < -0.4 is 11.4 Å². The fourth-order valence-electron chi connectivity index (χ4n) is 0.950. The molecule has 0 atom stereocenters. The highest BCUT2D eigenvalue weighted by molar-refractivity contribution is 5.32. The highest BCUT2D eigenvalue weighted by atomic mass is 16.3. The summed E-state index contributed by atoms with van der Waals surface area (Å²) in [5.74, 6) is -0.397. The van der Waals surface area contributed by atoms with E-state index < -0.39 is 11.6 Å². The van der Waals surface area contributed by atoms with Gasteiger partial charge in [-0.3, -0.25) is 9.67 Å². The van der Waals surface area contributed by atoms with E-state index in [1.165, 1.54) is 4.57 Å². The Kier molecular flexibility index (Phi) is 2.32. The van der Waals surface area contributed by atoms with Crippen LogP contribution in [0.1, 0.15) is 13.3 Å². The maximum absolute atomic E-state index is 11.0. The van der Waals surface area contributed by atoms with Crippen molar-refractivity contribution in [2.24, 2.45) is 0 Å². The van der Waals surface area contributed by atoms with Gasteiger partial charge in [0.2, 0.25) is 0 Å². The first-order chi connectivity index (χ1) is 5.65. The van der Waals surface area contributed by atoms with Gasteiger partial charge in [0.25, 0.3) is 5.88 Å². The van der Waals surface area contributed by atoms with Crippen LogP contribution in [0.3, 0.4) is 0 Å². The van der Waals surface area contributed by atoms with Crippen LogP contribution in [0.4, 0.5) is 5.82 Å². The number of aromatic nitrogens is 2. The molecule has 0 unspecified atom stereocenters. The van der Waals surface area contributed by atoms with Gasteiger partial charge in [-0.2, -0.15) is 4.98 Å². The topological polar surface area (TPSA) is 80.8 Å². The molecule has 0 saturated heterocycles. The Bertz CT molecular complexity index is 332. The second kappa shape index (κ2) is 3.25. The monoisotopic (exact) mass is 168 g/mol. The Labute approximate surface area is 69.5 Å². The zero-order valence-corrected chi connectivity index (χ0v) is 6.78. The third-order valence-electron chi connectivity index (χ3n) is 1.47. The molecule has 5 heteroatoms. The standard InChI is InChI=1S/C7H10N3O2/c1-2-3-10-5(8)4-6(11)9-7(10)12/h4H,2-3,8H2,1H3. The first kappa shape index (κ1) is 8.58. The fourth-order valence-corrected chi connectivity index (χ4v) is 0.950. The van der Waals surface area contributed by atoms with Crippen LogP contribution in [0.25, 0.3) is 0 Å². The quantitative estimate of drug-likeness (QED) is 0.693. The molecule has 0 amide bonds. The molecule has 0 aliphatic carbocycles. The fraction of sp³-hybridized carbons (Fsp3) is 0.429. The van der Waals surface area contributed by atoms with Crippen LogP contribution in [0.15, 0.2) is 10.9 Å². The Hall–Kier alpha value is -1.52. The van der Waals surface area contributed by atoms with Crippen LogP contribution in [0.5, 0.6) is 5.88 Å². The minimum Gasteiger partial charge on any atom is -0.385 e. The Balaban J connectivity index is 3.19. The molecule has 0 fully saturated rings. The number of hydrogen-bond acceptors (Lipinski definition) is 3. The molecule has 0 spiro atoms. The maximum Gasteiger partial charge on any atom is 0.352 e. The molecular weight excluding hydrogens is 158 g/mol. The molecule has 5 nitrogen and oxygen atoms in total. The second-order valence-electron chi connectivity index (χ2n) is 2.45. The van der Waals surface area contributed by atoms with Gasteiger partial charge in [0, 0.05) is 12.6 Å². The van der Waals surface area contributed by atoms with Crippen molar-refractivity contribution in [2.75, 3.05) is 5.73 Å². The summed E-state index contributed by atoms with van der Waals surface area (Å²) in [6.07, 6.45) is 0.782. The van der Waals surface area contributed by atoms with E-state index in [-0.39, 0.29) is 5.82 Å². The Morgan fingerprint density at radius 1 is 1.67 bits per heavy atom. The molecule has 0 aliphatic heterocycles. The third-order valence-corrected chi connectivity index (χ3v) is 1.47. The van der Waals surface area contributed by atoms with Gasteiger partial charge < -0.3 is 5.73 Å². The summed E-state index contributed by atoms with van der Waals surface area (Å²) in [5, 5.41) is 10.7. The summed E-state index contributed by atoms with van der Waals surface area (Å²) >= 11 is 0. The van der Waals surface area contributed by atoms with Crippen molar-refractivity contribution in [1.29, 1.82) is 0 Å². The Morgan fingerprint density at radius 3 is 2.83 bits per heavy atom. The molecule has 1 rings (SSSR count). The molecule has 1 aromatic heterocycles. The highest BCUT2D eigenvalue weighted by Gasteiger charge is 2.03. The van der Waals surface area contributed by atoms with E-state index in [0.717, 1.165) is 12.5 Å². The lowest BCUT2D eigenvalue weighted by Crippen LogP contribution is -2.24. The van der Waals surface area contributed by atoms with Crippen LogP contribution >= 0.6 is 0 Å². The number of rotatable bonds is 2. The summed E-state index contributed by atoms with van der Waals surface area (Å²) in [5.41, 5.74) is 4.86. The molecule has 65 valence electrons. The predicted octanol–water partition coefficient (Wildman–Crippen LogP) is 0.379. The zero-order chi connectivity index (χ0) is 9.14. The van der Waals surface area contributed by atoms with E-state index in [0.29, 0.717) is 6.54 Å². The first-order valence-electron chi connectivity index (χ1n) is 3.69. The number of nitrogen functional groups attached to an aromatic ring is 1. The molecule has 0 aromatic carbocycles. The lowest BCUT2D eigenvalue weighted by molar-refractivity contribution is 0.333. The van der Waals surface area contributed by atoms with Crippen LogP contribution in [-0.2, 0) is 11.7 Å². The molecule has 0 aliphatic rings. The minimum absolute atomic E-state index is 0.182. The normalized spacial score (nSPS) is 10.1. The van der Waals surface area contributed by atoms with Gasteiger partial charge >= 0.3 is 5.69 Å². The van der Waals surface area contributed by atoms with Crippen LogP contribution in [-0.4, -0.2) is 9.55 Å². The lowest BCUT2D eigenvalue weighted by Gasteiger charge is -2.05. The smallest absolute Gasteiger partial charge is 0.352 e. The summed E-state index contributed by atoms with van der Waals surface area (Å²) in [6.45, 7) is 2.41. The van der Waals surface area contributed by atoms with Crippen molar-refractivity contribution in [3.8, 4) is 5.88 Å². The average molecular weight is 168 g/mol. The summed E-state index contributed by atoms with van der Waals surface area (Å²) < 4.78 is 1.28. The summed E-state index contributed by atoms with van der Waals surface area (Å²) in [7, 11) is 0. The van der Waals surface area contributed by atoms with Crippen LogP contribution in [0, 0.1) is 0 Å². The van der Waals surface area contributed by atoms with Gasteiger partial charge in [-0.15, -0.1) is 0 Å². The molecule has 0 bridgehead atoms. The van der Waals surface area contributed by atoms with Gasteiger partial charge in [-0.05, 0) is 6.42 Å². The van der Waals surface area contributed by atoms with Gasteiger partial charge in [0.05, 0.1) is 0 Å². The number of nitrogens with zero attached hydrogens (tertiary/aromatic N) is 2. The zero-order valence-electron chi connectivity index (χ0n) is 6.78. The van der Waals surface area contributed by atoms with Crippen molar-refractivity contribution in [3.63, 3.8) is 0 Å². The summed E-state index contributed by atoms with van der Waals surface area (Å²) in [4.78, 5) is 14.2. The van der Waals surface area contributed by atoms with E-state index in [1.54, 1.807) is 0 Å². The highest BCUT2D eigenvalue weighted by Crippen LogP contribution is 2.06. The Morgan fingerprint density at radius 2 is 2.33 bits per heavy atom. The molecule has 1 radical (unpaired) electrons. The van der Waals surface area contributed by atoms with Crippen molar-refractivity contribution < 1.29 is 5.11 Å². The van der Waals surface area contributed by atoms with Crippen molar-refractivity contribution in [3.05, 3.63) is 16.6 Å². The number of anilines is 1. The number of nitrogens with two attached hydrogens (primary N) is 1. The van der Waals surface area contributed by atoms with E-state index in [4.69, 9.17) is 5.73 Å². The van der Waals surface area contributed by atoms with E-state index in [9.17, 15) is 9.90 Å². The third kappa shape index (κ3) is 1.55. The number of hydrogen-bond donors (Lipinski definition) is 1. The summed E-state index contributed by atoms with van der Waals surface area (Å²) in [6, 6.07) is 1.15. The van der Waals surface area contributed by atoms with Gasteiger partial charge in [-0.1, -0.05) is 6.92 Å². The van der Waals surface area contributed by atoms with Gasteiger partial charge in [-0.25, -0.2) is 4.79 Å². The van der Waals surface area contributed by atoms with E-state index >= 15 is 0 Å². The molecule has 12 heavy (non-hydrogen) atoms. The molecule has 2 N–H and O–H groups in total. The lowest BCUT2D eigenvalue weighted by atomic mass is 10.4. The molecule has 1 heterocycles. The minimum atomic E-state index is -0.579. The first-order valence-corrected chi connectivity index (χ1v) is 3.69. The molecular formula is C7H10N3O2. The van der Waals surface area contributed by atoms with Gasteiger partial charge in [0.1, 0.15) is 5.82 Å². The van der Waals surface area contributed by atoms with Gasteiger partial charge in [0.15, 0.2) is 0 Å². The molecule has 1 aromatic rings. The molecule has 0 saturated carbocycles. The van der Waals surface area contributed by atoms with Crippen molar-refractivity contribution in [2.45, 2.75) is 19.9 Å². The second-order valence-corrected chi connectivity index (χ2v) is 2.45. The van der Waals surface area contributed by atoms with E-state index in [1.807, 2.05) is 6.92 Å². The maximum atomic E-state index is 11.0. The largest absolute Gasteiger partial charge is 0.385 e. The van der Waals surface area contributed by atoms with Crippen LogP contribution in [0.2, 0.25) is 0 Å². The van der Waals surface area contributed by atoms with Crippen molar-refractivity contribution in [1.82, 2.24) is 9.55 Å². The SMILES string of the molecule is CCCn1c(N)cc([O])nc1=O. The van der Waals surface area contributed by atoms with Crippen molar-refractivity contribution >= 4 is 5.82 Å². The van der Waals surface area contributed by atoms with E-state index in [2.05, 4.69) is 4.98 Å². The average Bonchev–Trinajstić information content (AvgIpc) is 1.96.